The zero-order valence-electron chi connectivity index (χ0n) is 10.1. The summed E-state index contributed by atoms with van der Waals surface area (Å²) in [5.41, 5.74) is 0.843. The van der Waals surface area contributed by atoms with Gasteiger partial charge in [0.2, 0.25) is 9.84 Å². The molecule has 19 heavy (non-hydrogen) atoms. The van der Waals surface area contributed by atoms with Crippen LogP contribution in [-0.2, 0) is 9.84 Å². The fraction of sp³-hybridized carbons (Fsp3) is 0.0714. The second-order valence-electron chi connectivity index (χ2n) is 4.11. The van der Waals surface area contributed by atoms with Crippen molar-refractivity contribution < 1.29 is 17.6 Å². The van der Waals surface area contributed by atoms with Crippen molar-refractivity contribution in [2.45, 2.75) is 11.8 Å². The van der Waals surface area contributed by atoms with Crippen LogP contribution in [0.3, 0.4) is 0 Å². The molecular weight excluding hydrogens is 267 g/mol. The Kier molecular flexibility index (Phi) is 3.48. The van der Waals surface area contributed by atoms with Crippen molar-refractivity contribution in [2.75, 3.05) is 0 Å². The molecule has 2 aromatic rings. The van der Waals surface area contributed by atoms with Crippen LogP contribution in [0, 0.1) is 12.7 Å². The molecule has 0 bridgehead atoms. The van der Waals surface area contributed by atoms with Gasteiger partial charge in [0.25, 0.3) is 5.12 Å². The second kappa shape index (κ2) is 4.93. The van der Waals surface area contributed by atoms with Crippen LogP contribution in [0.15, 0.2) is 53.4 Å². The van der Waals surface area contributed by atoms with E-state index in [0.29, 0.717) is 0 Å². The number of carbonyl (C=O) groups excluding carboxylic acids is 1. The SMILES string of the molecule is Cc1ccc(S(=O)(=O)C(=O)c2ccc(F)cc2)cc1. The fourth-order valence-corrected chi connectivity index (χ4v) is 2.72. The quantitative estimate of drug-likeness (QED) is 0.848. The molecule has 0 aliphatic heterocycles. The largest absolute Gasteiger partial charge is 0.281 e. The topological polar surface area (TPSA) is 51.2 Å². The number of hydrogen-bond donors (Lipinski definition) is 0. The van der Waals surface area contributed by atoms with Gasteiger partial charge in [0.05, 0.1) is 4.90 Å². The van der Waals surface area contributed by atoms with Gasteiger partial charge in [-0.25, -0.2) is 12.8 Å². The highest BCUT2D eigenvalue weighted by Gasteiger charge is 2.26. The van der Waals surface area contributed by atoms with E-state index in [9.17, 15) is 17.6 Å². The predicted molar refractivity (Wildman–Crippen MR) is 69.1 cm³/mol. The van der Waals surface area contributed by atoms with E-state index in [1.54, 1.807) is 12.1 Å². The molecule has 0 N–H and O–H groups in total. The van der Waals surface area contributed by atoms with E-state index in [1.807, 2.05) is 6.92 Å². The zero-order valence-corrected chi connectivity index (χ0v) is 10.9. The van der Waals surface area contributed by atoms with Crippen LogP contribution < -0.4 is 0 Å². The molecule has 5 heteroatoms. The lowest BCUT2D eigenvalue weighted by Gasteiger charge is -2.04. The third kappa shape index (κ3) is 2.71. The molecule has 0 fully saturated rings. The van der Waals surface area contributed by atoms with E-state index in [0.717, 1.165) is 29.8 Å². The molecule has 2 rings (SSSR count). The third-order valence-corrected chi connectivity index (χ3v) is 4.27. The van der Waals surface area contributed by atoms with Gasteiger partial charge >= 0.3 is 0 Å². The number of sulfone groups is 1. The summed E-state index contributed by atoms with van der Waals surface area (Å²) in [6.07, 6.45) is 0. The Morgan fingerprint density at radius 2 is 1.47 bits per heavy atom. The first kappa shape index (κ1) is 13.4. The number of halogens is 1. The maximum absolute atomic E-state index is 12.8. The molecule has 2 aromatic carbocycles. The Morgan fingerprint density at radius 3 is 2.00 bits per heavy atom. The smallest absolute Gasteiger partial charge is 0.276 e. The summed E-state index contributed by atoms with van der Waals surface area (Å²) in [4.78, 5) is 11.9. The molecule has 0 spiro atoms. The lowest BCUT2D eigenvalue weighted by atomic mass is 10.2. The number of aryl methyl sites for hydroxylation is 1. The van der Waals surface area contributed by atoms with Crippen LogP contribution in [0.25, 0.3) is 0 Å². The molecule has 0 heterocycles. The summed E-state index contributed by atoms with van der Waals surface area (Å²) < 4.78 is 36.9. The number of benzene rings is 2. The average molecular weight is 278 g/mol. The van der Waals surface area contributed by atoms with E-state index in [2.05, 4.69) is 0 Å². The summed E-state index contributed by atoms with van der Waals surface area (Å²) in [5.74, 6) is -0.524. The maximum atomic E-state index is 12.8. The van der Waals surface area contributed by atoms with Crippen molar-refractivity contribution in [1.29, 1.82) is 0 Å². The van der Waals surface area contributed by atoms with Gasteiger partial charge in [-0.05, 0) is 43.3 Å². The van der Waals surface area contributed by atoms with Gasteiger partial charge < -0.3 is 0 Å². The Morgan fingerprint density at radius 1 is 0.947 bits per heavy atom. The third-order valence-electron chi connectivity index (χ3n) is 2.66. The lowest BCUT2D eigenvalue weighted by Crippen LogP contribution is -2.15. The van der Waals surface area contributed by atoms with Crippen molar-refractivity contribution in [3.05, 3.63) is 65.5 Å². The number of carbonyl (C=O) groups is 1. The van der Waals surface area contributed by atoms with E-state index in [-0.39, 0.29) is 10.5 Å². The molecule has 0 saturated heterocycles. The van der Waals surface area contributed by atoms with Crippen molar-refractivity contribution in [3.63, 3.8) is 0 Å². The summed E-state index contributed by atoms with van der Waals surface area (Å²) in [6, 6.07) is 10.4. The minimum atomic E-state index is -4.08. The zero-order chi connectivity index (χ0) is 14.0. The van der Waals surface area contributed by atoms with Gasteiger partial charge in [0, 0.05) is 5.56 Å². The van der Waals surface area contributed by atoms with E-state index < -0.39 is 20.8 Å². The Bertz CT molecular complexity index is 701. The first-order valence-corrected chi connectivity index (χ1v) is 7.01. The Balaban J connectivity index is 2.42. The highest BCUT2D eigenvalue weighted by atomic mass is 32.2. The summed E-state index contributed by atoms with van der Waals surface area (Å²) in [7, 11) is -4.08. The van der Waals surface area contributed by atoms with E-state index in [4.69, 9.17) is 0 Å². The number of rotatable bonds is 2. The van der Waals surface area contributed by atoms with Crippen molar-refractivity contribution in [3.8, 4) is 0 Å². The molecule has 0 aromatic heterocycles. The minimum absolute atomic E-state index is 0.0537. The van der Waals surface area contributed by atoms with Gasteiger partial charge in [-0.1, -0.05) is 17.7 Å². The molecule has 3 nitrogen and oxygen atoms in total. The molecule has 0 atom stereocenters. The molecule has 0 aliphatic carbocycles. The van der Waals surface area contributed by atoms with Gasteiger partial charge in [-0.2, -0.15) is 0 Å². The minimum Gasteiger partial charge on any atom is -0.276 e. The average Bonchev–Trinajstić information content (AvgIpc) is 2.39. The van der Waals surface area contributed by atoms with Crippen molar-refractivity contribution >= 4 is 15.0 Å². The summed E-state index contributed by atoms with van der Waals surface area (Å²) in [6.45, 7) is 1.82. The van der Waals surface area contributed by atoms with Gasteiger partial charge in [0.1, 0.15) is 5.82 Å². The van der Waals surface area contributed by atoms with Crippen LogP contribution >= 0.6 is 0 Å². The van der Waals surface area contributed by atoms with Crippen LogP contribution in [0.2, 0.25) is 0 Å². The van der Waals surface area contributed by atoms with Crippen LogP contribution in [-0.4, -0.2) is 13.5 Å². The standard InChI is InChI=1S/C14H11FO3S/c1-10-2-8-13(9-3-10)19(17,18)14(16)11-4-6-12(15)7-5-11/h2-9H,1H3. The second-order valence-corrected chi connectivity index (χ2v) is 5.96. The fourth-order valence-electron chi connectivity index (χ4n) is 1.57. The molecule has 0 saturated carbocycles. The Hall–Kier alpha value is -2.01. The maximum Gasteiger partial charge on any atom is 0.281 e. The Labute approximate surface area is 110 Å². The predicted octanol–water partition coefficient (Wildman–Crippen LogP) is 2.75. The molecule has 0 amide bonds. The van der Waals surface area contributed by atoms with Gasteiger partial charge in [-0.15, -0.1) is 0 Å². The van der Waals surface area contributed by atoms with Gasteiger partial charge in [0.15, 0.2) is 0 Å². The highest BCUT2D eigenvalue weighted by Crippen LogP contribution is 2.17. The monoisotopic (exact) mass is 278 g/mol. The van der Waals surface area contributed by atoms with Crippen molar-refractivity contribution in [2.24, 2.45) is 0 Å². The molecule has 98 valence electrons. The molecule has 0 radical (unpaired) electrons. The molecule has 0 aliphatic rings. The van der Waals surface area contributed by atoms with Crippen LogP contribution in [0.5, 0.6) is 0 Å². The van der Waals surface area contributed by atoms with Crippen molar-refractivity contribution in [1.82, 2.24) is 0 Å². The van der Waals surface area contributed by atoms with Crippen LogP contribution in [0.4, 0.5) is 4.39 Å². The molecular formula is C14H11FO3S. The summed E-state index contributed by atoms with van der Waals surface area (Å²) >= 11 is 0. The van der Waals surface area contributed by atoms with E-state index >= 15 is 0 Å². The summed E-state index contributed by atoms with van der Waals surface area (Å²) in [5, 5.41) is -1.03. The van der Waals surface area contributed by atoms with Crippen LogP contribution in [0.1, 0.15) is 15.9 Å². The number of hydrogen-bond acceptors (Lipinski definition) is 3. The first-order valence-electron chi connectivity index (χ1n) is 5.53. The van der Waals surface area contributed by atoms with E-state index in [1.165, 1.54) is 12.1 Å². The van der Waals surface area contributed by atoms with Gasteiger partial charge in [-0.3, -0.25) is 4.79 Å². The molecule has 0 unspecified atom stereocenters. The first-order chi connectivity index (χ1) is 8.91. The highest BCUT2D eigenvalue weighted by molar-refractivity contribution is 8.06. The lowest BCUT2D eigenvalue weighted by molar-refractivity contribution is 0.107. The normalized spacial score (nSPS) is 11.3.